The average molecular weight is 478 g/mol. The van der Waals surface area contributed by atoms with Gasteiger partial charge >= 0.3 is 0 Å². The van der Waals surface area contributed by atoms with Crippen molar-refractivity contribution in [1.82, 2.24) is 19.2 Å². The van der Waals surface area contributed by atoms with Crippen LogP contribution >= 0.6 is 39.0 Å². The van der Waals surface area contributed by atoms with Gasteiger partial charge in [0, 0.05) is 16.7 Å². The molecular formula is C18H16BrN5O2S2. The Morgan fingerprint density at radius 3 is 2.79 bits per heavy atom. The Bertz CT molecular complexity index is 1210. The number of thioether (sulfide) groups is 1. The van der Waals surface area contributed by atoms with Crippen molar-refractivity contribution in [3.05, 3.63) is 50.5 Å². The first-order chi connectivity index (χ1) is 13.6. The number of anilines is 1. The molecule has 0 fully saturated rings. The van der Waals surface area contributed by atoms with E-state index in [0.717, 1.165) is 22.1 Å². The van der Waals surface area contributed by atoms with E-state index in [4.69, 9.17) is 0 Å². The third-order valence-corrected chi connectivity index (χ3v) is 6.44. The number of carbonyl (C=O) groups excluding carboxylic acids is 1. The van der Waals surface area contributed by atoms with E-state index >= 15 is 0 Å². The lowest BCUT2D eigenvalue weighted by Crippen LogP contribution is -2.22. The van der Waals surface area contributed by atoms with Crippen molar-refractivity contribution in [2.45, 2.75) is 25.0 Å². The fourth-order valence-corrected chi connectivity index (χ4v) is 4.71. The number of rotatable bonds is 6. The molecule has 0 atom stereocenters. The molecule has 1 amide bonds. The molecule has 0 unspecified atom stereocenters. The van der Waals surface area contributed by atoms with E-state index in [1.54, 1.807) is 4.57 Å². The quantitative estimate of drug-likeness (QED) is 0.424. The normalized spacial score (nSPS) is 11.4. The molecule has 0 bridgehead atoms. The van der Waals surface area contributed by atoms with E-state index in [9.17, 15) is 9.59 Å². The minimum atomic E-state index is -0.132. The molecule has 0 aliphatic heterocycles. The molecule has 144 valence electrons. The van der Waals surface area contributed by atoms with Gasteiger partial charge in [-0.25, -0.2) is 0 Å². The number of aromatic nitrogens is 4. The number of hydrogen-bond donors (Lipinski definition) is 1. The Morgan fingerprint density at radius 1 is 1.25 bits per heavy atom. The molecule has 0 saturated carbocycles. The lowest BCUT2D eigenvalue weighted by Gasteiger charge is -2.08. The maximum absolute atomic E-state index is 12.7. The Kier molecular flexibility index (Phi) is 5.51. The molecule has 10 heteroatoms. The summed E-state index contributed by atoms with van der Waals surface area (Å²) in [6.07, 6.45) is 0.817. The Labute approximate surface area is 176 Å². The molecule has 0 saturated heterocycles. The monoisotopic (exact) mass is 477 g/mol. The first kappa shape index (κ1) is 19.2. The highest BCUT2D eigenvalue weighted by Gasteiger charge is 2.18. The van der Waals surface area contributed by atoms with Gasteiger partial charge in [0.15, 0.2) is 5.16 Å². The SMILES string of the molecule is CCCn1c(=O)c2sccc2n2c(SCC(=O)Nc3ccc(Br)cc3)nnc12. The van der Waals surface area contributed by atoms with E-state index < -0.39 is 0 Å². The highest BCUT2D eigenvalue weighted by Crippen LogP contribution is 2.24. The molecule has 3 aromatic heterocycles. The molecule has 28 heavy (non-hydrogen) atoms. The van der Waals surface area contributed by atoms with Gasteiger partial charge in [0.2, 0.25) is 11.7 Å². The van der Waals surface area contributed by atoms with E-state index in [1.807, 2.05) is 47.0 Å². The molecule has 1 aromatic carbocycles. The summed E-state index contributed by atoms with van der Waals surface area (Å²) in [5.41, 5.74) is 1.46. The molecule has 4 aromatic rings. The molecular weight excluding hydrogens is 462 g/mol. The van der Waals surface area contributed by atoms with Crippen LogP contribution in [0.5, 0.6) is 0 Å². The molecule has 7 nitrogen and oxygen atoms in total. The summed E-state index contributed by atoms with van der Waals surface area (Å²) >= 11 is 6.07. The number of benzene rings is 1. The number of fused-ring (bicyclic) bond motifs is 3. The first-order valence-electron chi connectivity index (χ1n) is 8.62. The van der Waals surface area contributed by atoms with E-state index in [2.05, 4.69) is 31.4 Å². The number of carbonyl (C=O) groups is 1. The van der Waals surface area contributed by atoms with Crippen LogP contribution in [0.3, 0.4) is 0 Å². The van der Waals surface area contributed by atoms with Gasteiger partial charge in [0.05, 0.1) is 11.3 Å². The van der Waals surface area contributed by atoms with Crippen LogP contribution < -0.4 is 10.9 Å². The molecule has 0 aliphatic rings. The van der Waals surface area contributed by atoms with Crippen LogP contribution in [0.1, 0.15) is 13.3 Å². The van der Waals surface area contributed by atoms with Crippen LogP contribution in [0, 0.1) is 0 Å². The van der Waals surface area contributed by atoms with Crippen LogP contribution in [0.2, 0.25) is 0 Å². The molecule has 0 radical (unpaired) electrons. The van der Waals surface area contributed by atoms with Gasteiger partial charge in [-0.2, -0.15) is 0 Å². The van der Waals surface area contributed by atoms with Gasteiger partial charge in [-0.1, -0.05) is 34.6 Å². The fraction of sp³-hybridized carbons (Fsp3) is 0.222. The van der Waals surface area contributed by atoms with Gasteiger partial charge in [-0.15, -0.1) is 21.5 Å². The van der Waals surface area contributed by atoms with Crippen LogP contribution in [0.4, 0.5) is 5.69 Å². The standard InChI is InChI=1S/C18H16BrN5O2S2/c1-2-8-23-16(26)15-13(7-9-27-15)24-17(23)21-22-18(24)28-10-14(25)20-12-5-3-11(19)4-6-12/h3-7,9H,2,8,10H2,1H3,(H,20,25). The van der Waals surface area contributed by atoms with Crippen molar-refractivity contribution in [3.63, 3.8) is 0 Å². The lowest BCUT2D eigenvalue weighted by atomic mass is 10.3. The van der Waals surface area contributed by atoms with Crippen molar-refractivity contribution in [1.29, 1.82) is 0 Å². The zero-order valence-electron chi connectivity index (χ0n) is 14.9. The maximum atomic E-state index is 12.7. The van der Waals surface area contributed by atoms with Crippen LogP contribution in [0.25, 0.3) is 16.0 Å². The number of halogens is 1. The second-order valence-corrected chi connectivity index (χ2v) is 8.83. The van der Waals surface area contributed by atoms with Gasteiger partial charge in [0.1, 0.15) is 4.70 Å². The van der Waals surface area contributed by atoms with Gasteiger partial charge in [0.25, 0.3) is 5.56 Å². The smallest absolute Gasteiger partial charge is 0.272 e. The number of aryl methyl sites for hydroxylation is 1. The second kappa shape index (κ2) is 8.06. The first-order valence-corrected chi connectivity index (χ1v) is 11.3. The maximum Gasteiger partial charge on any atom is 0.272 e. The minimum absolute atomic E-state index is 0.0451. The van der Waals surface area contributed by atoms with Crippen molar-refractivity contribution >= 4 is 66.6 Å². The van der Waals surface area contributed by atoms with Gasteiger partial charge < -0.3 is 5.32 Å². The summed E-state index contributed by atoms with van der Waals surface area (Å²) in [7, 11) is 0. The predicted molar refractivity (Wildman–Crippen MR) is 116 cm³/mol. The van der Waals surface area contributed by atoms with Crippen molar-refractivity contribution < 1.29 is 4.79 Å². The van der Waals surface area contributed by atoms with E-state index in [-0.39, 0.29) is 17.2 Å². The molecule has 3 heterocycles. The Morgan fingerprint density at radius 2 is 2.04 bits per heavy atom. The largest absolute Gasteiger partial charge is 0.325 e. The predicted octanol–water partition coefficient (Wildman–Crippen LogP) is 4.01. The lowest BCUT2D eigenvalue weighted by molar-refractivity contribution is -0.113. The highest BCUT2D eigenvalue weighted by atomic mass is 79.9. The Hall–Kier alpha value is -2.17. The summed E-state index contributed by atoms with van der Waals surface area (Å²) in [5, 5.41) is 13.8. The fourth-order valence-electron chi connectivity index (χ4n) is 2.88. The van der Waals surface area contributed by atoms with Crippen LogP contribution in [0.15, 0.2) is 50.1 Å². The summed E-state index contributed by atoms with van der Waals surface area (Å²) in [6.45, 7) is 2.59. The zero-order valence-corrected chi connectivity index (χ0v) is 18.1. The van der Waals surface area contributed by atoms with E-state index in [1.165, 1.54) is 23.1 Å². The number of amides is 1. The molecule has 4 rings (SSSR count). The molecule has 1 N–H and O–H groups in total. The van der Waals surface area contributed by atoms with Crippen molar-refractivity contribution in [2.24, 2.45) is 0 Å². The van der Waals surface area contributed by atoms with Crippen LogP contribution in [-0.2, 0) is 11.3 Å². The Balaban J connectivity index is 1.61. The molecule has 0 aliphatic carbocycles. The third-order valence-electron chi connectivity index (χ3n) is 4.09. The van der Waals surface area contributed by atoms with Crippen molar-refractivity contribution in [2.75, 3.05) is 11.1 Å². The summed E-state index contributed by atoms with van der Waals surface area (Å²) in [5.74, 6) is 0.566. The highest BCUT2D eigenvalue weighted by molar-refractivity contribution is 9.10. The summed E-state index contributed by atoms with van der Waals surface area (Å²) in [4.78, 5) is 25.0. The van der Waals surface area contributed by atoms with Gasteiger partial charge in [-0.3, -0.25) is 18.6 Å². The topological polar surface area (TPSA) is 81.3 Å². The average Bonchev–Trinajstić information content (AvgIpc) is 3.32. The summed E-state index contributed by atoms with van der Waals surface area (Å²) < 4.78 is 5.13. The third kappa shape index (κ3) is 3.59. The van der Waals surface area contributed by atoms with Gasteiger partial charge in [-0.05, 0) is 42.1 Å². The van der Waals surface area contributed by atoms with Crippen LogP contribution in [-0.4, -0.2) is 30.8 Å². The van der Waals surface area contributed by atoms with E-state index in [0.29, 0.717) is 22.2 Å². The second-order valence-electron chi connectivity index (χ2n) is 6.05. The molecule has 0 spiro atoms. The minimum Gasteiger partial charge on any atom is -0.325 e. The summed E-state index contributed by atoms with van der Waals surface area (Å²) in [6, 6.07) is 9.29. The number of nitrogens with one attached hydrogen (secondary N) is 1. The van der Waals surface area contributed by atoms with Crippen molar-refractivity contribution in [3.8, 4) is 0 Å². The number of nitrogens with zero attached hydrogens (tertiary/aromatic N) is 4. The number of hydrogen-bond acceptors (Lipinski definition) is 6. The zero-order chi connectivity index (χ0) is 19.7. The number of thiophene rings is 1.